The minimum Gasteiger partial charge on any atom is -0.504 e. The first-order valence-corrected chi connectivity index (χ1v) is 6.44. The normalized spacial score (nSPS) is 25.4. The van der Waals surface area contributed by atoms with E-state index in [4.69, 9.17) is 5.73 Å². The summed E-state index contributed by atoms with van der Waals surface area (Å²) in [6, 6.07) is 3.34. The second-order valence-electron chi connectivity index (χ2n) is 4.62. The monoisotopic (exact) mass is 300 g/mol. The molecular weight excluding hydrogens is 284 g/mol. The minimum atomic E-state index is -0.0761. The maximum atomic E-state index is 9.98. The summed E-state index contributed by atoms with van der Waals surface area (Å²) >= 11 is 3.43. The standard InChI is InChI=1S/C12H17BrN2O2/c1-15-6-7(5-14)4-9(15)11-8(13)2-3-10(16)12(11)17/h2-3,7,9,16-17H,4-6,14H2,1H3. The quantitative estimate of drug-likeness (QED) is 0.729. The first kappa shape index (κ1) is 12.7. The molecule has 2 unspecified atom stereocenters. The van der Waals surface area contributed by atoms with Gasteiger partial charge in [-0.15, -0.1) is 0 Å². The van der Waals surface area contributed by atoms with E-state index in [1.165, 1.54) is 6.07 Å². The van der Waals surface area contributed by atoms with Gasteiger partial charge in [0.15, 0.2) is 11.5 Å². The van der Waals surface area contributed by atoms with Crippen molar-refractivity contribution in [2.45, 2.75) is 12.5 Å². The number of hydrogen-bond donors (Lipinski definition) is 3. The van der Waals surface area contributed by atoms with Crippen LogP contribution in [0.4, 0.5) is 0 Å². The Morgan fingerprint density at radius 1 is 1.47 bits per heavy atom. The lowest BCUT2D eigenvalue weighted by molar-refractivity contribution is 0.301. The number of likely N-dealkylation sites (tertiary alicyclic amines) is 1. The molecule has 0 saturated carbocycles. The maximum absolute atomic E-state index is 9.98. The summed E-state index contributed by atoms with van der Waals surface area (Å²) in [5.74, 6) is 0.334. The summed E-state index contributed by atoms with van der Waals surface area (Å²) in [5.41, 5.74) is 6.45. The van der Waals surface area contributed by atoms with Gasteiger partial charge in [0.2, 0.25) is 0 Å². The van der Waals surface area contributed by atoms with Crippen molar-refractivity contribution in [1.29, 1.82) is 0 Å². The van der Waals surface area contributed by atoms with Gasteiger partial charge in [-0.3, -0.25) is 4.90 Å². The zero-order valence-corrected chi connectivity index (χ0v) is 11.3. The van der Waals surface area contributed by atoms with Gasteiger partial charge in [-0.05, 0) is 38.1 Å². The molecule has 0 aromatic heterocycles. The first-order chi connectivity index (χ1) is 8.04. The van der Waals surface area contributed by atoms with E-state index in [2.05, 4.69) is 20.8 Å². The summed E-state index contributed by atoms with van der Waals surface area (Å²) in [4.78, 5) is 2.16. The number of rotatable bonds is 2. The second kappa shape index (κ2) is 4.84. The van der Waals surface area contributed by atoms with Gasteiger partial charge in [-0.25, -0.2) is 0 Å². The van der Waals surface area contributed by atoms with Crippen molar-refractivity contribution in [2.24, 2.45) is 11.7 Å². The van der Waals surface area contributed by atoms with Crippen LogP contribution in [0.25, 0.3) is 0 Å². The van der Waals surface area contributed by atoms with E-state index in [-0.39, 0.29) is 17.5 Å². The van der Waals surface area contributed by atoms with E-state index < -0.39 is 0 Å². The highest BCUT2D eigenvalue weighted by Gasteiger charge is 2.33. The molecule has 1 aliphatic rings. The number of aromatic hydroxyl groups is 2. The number of nitrogens with two attached hydrogens (primary N) is 1. The van der Waals surface area contributed by atoms with Crippen LogP contribution in [-0.2, 0) is 0 Å². The van der Waals surface area contributed by atoms with Crippen LogP contribution in [0.2, 0.25) is 0 Å². The molecule has 0 aliphatic carbocycles. The van der Waals surface area contributed by atoms with Crippen LogP contribution in [-0.4, -0.2) is 35.3 Å². The lowest BCUT2D eigenvalue weighted by Crippen LogP contribution is -2.20. The number of nitrogens with zero attached hydrogens (tertiary/aromatic N) is 1. The summed E-state index contributed by atoms with van der Waals surface area (Å²) in [6.07, 6.45) is 0.905. The largest absolute Gasteiger partial charge is 0.504 e. The summed E-state index contributed by atoms with van der Waals surface area (Å²) < 4.78 is 0.822. The van der Waals surface area contributed by atoms with E-state index in [9.17, 15) is 10.2 Å². The van der Waals surface area contributed by atoms with Crippen LogP contribution >= 0.6 is 15.9 Å². The van der Waals surface area contributed by atoms with Gasteiger partial charge >= 0.3 is 0 Å². The second-order valence-corrected chi connectivity index (χ2v) is 5.48. The molecule has 0 spiro atoms. The van der Waals surface area contributed by atoms with Crippen LogP contribution in [0.1, 0.15) is 18.0 Å². The number of phenolic OH excluding ortho intramolecular Hbond substituents is 2. The topological polar surface area (TPSA) is 69.7 Å². The molecule has 2 atom stereocenters. The highest BCUT2D eigenvalue weighted by atomic mass is 79.9. The molecule has 1 aliphatic heterocycles. The Hall–Kier alpha value is -0.780. The average molecular weight is 301 g/mol. The summed E-state index contributed by atoms with van der Waals surface area (Å²) in [5, 5.41) is 19.6. The van der Waals surface area contributed by atoms with E-state index >= 15 is 0 Å². The lowest BCUT2D eigenvalue weighted by atomic mass is 9.99. The Morgan fingerprint density at radius 2 is 2.18 bits per heavy atom. The Kier molecular flexibility index (Phi) is 3.61. The molecule has 4 N–H and O–H groups in total. The molecule has 0 amide bonds. The molecule has 5 heteroatoms. The molecule has 1 aromatic carbocycles. The smallest absolute Gasteiger partial charge is 0.163 e. The molecule has 17 heavy (non-hydrogen) atoms. The van der Waals surface area contributed by atoms with Gasteiger partial charge in [0.25, 0.3) is 0 Å². The van der Waals surface area contributed by atoms with E-state index in [1.54, 1.807) is 6.07 Å². The van der Waals surface area contributed by atoms with Crippen molar-refractivity contribution in [3.05, 3.63) is 22.2 Å². The molecule has 1 heterocycles. The van der Waals surface area contributed by atoms with Gasteiger partial charge in [-0.1, -0.05) is 15.9 Å². The predicted octanol–water partition coefficient (Wildman–Crippen LogP) is 1.81. The molecular formula is C12H17BrN2O2. The fraction of sp³-hybridized carbons (Fsp3) is 0.500. The van der Waals surface area contributed by atoms with Crippen LogP contribution in [0.15, 0.2) is 16.6 Å². The van der Waals surface area contributed by atoms with Crippen molar-refractivity contribution >= 4 is 15.9 Å². The highest BCUT2D eigenvalue weighted by Crippen LogP contribution is 2.44. The lowest BCUT2D eigenvalue weighted by Gasteiger charge is -2.22. The third kappa shape index (κ3) is 2.27. The van der Waals surface area contributed by atoms with Crippen molar-refractivity contribution < 1.29 is 10.2 Å². The number of benzene rings is 1. The van der Waals surface area contributed by atoms with E-state index in [0.29, 0.717) is 12.5 Å². The third-order valence-electron chi connectivity index (χ3n) is 3.44. The molecule has 1 aromatic rings. The summed E-state index contributed by atoms with van der Waals surface area (Å²) in [7, 11) is 2.01. The van der Waals surface area contributed by atoms with Crippen molar-refractivity contribution in [2.75, 3.05) is 20.1 Å². The molecule has 1 saturated heterocycles. The van der Waals surface area contributed by atoms with Gasteiger partial charge < -0.3 is 15.9 Å². The van der Waals surface area contributed by atoms with Crippen LogP contribution in [0.3, 0.4) is 0 Å². The van der Waals surface area contributed by atoms with Gasteiger partial charge in [0, 0.05) is 22.6 Å². The zero-order valence-electron chi connectivity index (χ0n) is 9.73. The SMILES string of the molecule is CN1CC(CN)CC1c1c(Br)ccc(O)c1O. The van der Waals surface area contributed by atoms with E-state index in [1.807, 2.05) is 7.05 Å². The Bertz CT molecular complexity index is 425. The Morgan fingerprint density at radius 3 is 2.76 bits per heavy atom. The molecule has 94 valence electrons. The fourth-order valence-electron chi connectivity index (χ4n) is 2.50. The molecule has 1 fully saturated rings. The van der Waals surface area contributed by atoms with Crippen molar-refractivity contribution in [3.8, 4) is 11.5 Å². The number of halogens is 1. The number of phenols is 2. The fourth-order valence-corrected chi connectivity index (χ4v) is 3.09. The molecule has 0 radical (unpaired) electrons. The number of hydrogen-bond acceptors (Lipinski definition) is 4. The van der Waals surface area contributed by atoms with Crippen molar-refractivity contribution in [1.82, 2.24) is 4.90 Å². The Balaban J connectivity index is 2.37. The summed E-state index contributed by atoms with van der Waals surface area (Å²) in [6.45, 7) is 1.57. The van der Waals surface area contributed by atoms with Crippen molar-refractivity contribution in [3.63, 3.8) is 0 Å². The third-order valence-corrected chi connectivity index (χ3v) is 4.14. The van der Waals surface area contributed by atoms with Gasteiger partial charge in [0.05, 0.1) is 0 Å². The zero-order chi connectivity index (χ0) is 12.6. The van der Waals surface area contributed by atoms with Crippen LogP contribution < -0.4 is 5.73 Å². The first-order valence-electron chi connectivity index (χ1n) is 5.65. The molecule has 0 bridgehead atoms. The highest BCUT2D eigenvalue weighted by molar-refractivity contribution is 9.10. The molecule has 2 rings (SSSR count). The van der Waals surface area contributed by atoms with E-state index in [0.717, 1.165) is 23.0 Å². The van der Waals surface area contributed by atoms with Crippen LogP contribution in [0.5, 0.6) is 11.5 Å². The predicted molar refractivity (Wildman–Crippen MR) is 70.0 cm³/mol. The van der Waals surface area contributed by atoms with Crippen LogP contribution in [0, 0.1) is 5.92 Å². The molecule has 4 nitrogen and oxygen atoms in total. The minimum absolute atomic E-state index is 0.0334. The Labute approximate surface area is 109 Å². The maximum Gasteiger partial charge on any atom is 0.163 e. The average Bonchev–Trinajstić information content (AvgIpc) is 2.66. The van der Waals surface area contributed by atoms with Gasteiger partial charge in [-0.2, -0.15) is 0 Å². The van der Waals surface area contributed by atoms with Gasteiger partial charge in [0.1, 0.15) is 0 Å².